The van der Waals surface area contributed by atoms with Crippen LogP contribution in [0.2, 0.25) is 0 Å². The van der Waals surface area contributed by atoms with E-state index in [-0.39, 0.29) is 0 Å². The van der Waals surface area contributed by atoms with Crippen LogP contribution in [-0.2, 0) is 6.54 Å². The molecule has 2 atom stereocenters. The predicted octanol–water partition coefficient (Wildman–Crippen LogP) is 1.28. The molecule has 0 bridgehead atoms. The molecule has 24 heavy (non-hydrogen) atoms. The van der Waals surface area contributed by atoms with Crippen molar-refractivity contribution in [1.82, 2.24) is 25.1 Å². The van der Waals surface area contributed by atoms with E-state index in [1.807, 2.05) is 25.4 Å². The molecule has 0 aliphatic carbocycles. The van der Waals surface area contributed by atoms with Crippen LogP contribution in [0, 0.1) is 12.8 Å². The first kappa shape index (κ1) is 15.4. The molecule has 2 N–H and O–H groups in total. The van der Waals surface area contributed by atoms with Crippen LogP contribution in [0.3, 0.4) is 0 Å². The van der Waals surface area contributed by atoms with Gasteiger partial charge in [-0.05, 0) is 25.8 Å². The summed E-state index contributed by atoms with van der Waals surface area (Å²) in [6.45, 7) is 7.08. The van der Waals surface area contributed by atoms with E-state index in [1.54, 1.807) is 0 Å². The molecule has 2 aliphatic rings. The van der Waals surface area contributed by atoms with Crippen LogP contribution in [0.4, 0.5) is 11.8 Å². The zero-order valence-corrected chi connectivity index (χ0v) is 14.1. The van der Waals surface area contributed by atoms with E-state index in [2.05, 4.69) is 41.3 Å². The third-order valence-electron chi connectivity index (χ3n) is 4.86. The Balaban J connectivity index is 1.30. The smallest absolute Gasteiger partial charge is 0.225 e. The fourth-order valence-electron chi connectivity index (χ4n) is 3.63. The Labute approximate surface area is 142 Å². The molecule has 1 fully saturated rings. The number of rotatable bonds is 4. The number of nitrogens with zero attached hydrogens (tertiary/aromatic N) is 5. The number of piperidine rings is 1. The number of hydrogen-bond acceptors (Lipinski definition) is 6. The highest BCUT2D eigenvalue weighted by Crippen LogP contribution is 2.19. The molecular formula is C17H25N7. The molecule has 4 heterocycles. The first-order valence-corrected chi connectivity index (χ1v) is 8.81. The quantitative estimate of drug-likeness (QED) is 0.882. The van der Waals surface area contributed by atoms with Crippen molar-refractivity contribution < 1.29 is 0 Å². The molecule has 0 radical (unpaired) electrons. The Kier molecular flexibility index (Phi) is 4.34. The fraction of sp³-hybridized carbons (Fsp3) is 0.588. The molecule has 2 aliphatic heterocycles. The number of hydrogen-bond donors (Lipinski definition) is 2. The molecule has 1 saturated heterocycles. The maximum Gasteiger partial charge on any atom is 0.225 e. The lowest BCUT2D eigenvalue weighted by atomic mass is 10.0. The van der Waals surface area contributed by atoms with E-state index >= 15 is 0 Å². The molecule has 2 aromatic rings. The van der Waals surface area contributed by atoms with E-state index in [4.69, 9.17) is 0 Å². The summed E-state index contributed by atoms with van der Waals surface area (Å²) in [6.07, 6.45) is 6.03. The van der Waals surface area contributed by atoms with Crippen LogP contribution in [0.25, 0.3) is 0 Å². The Morgan fingerprint density at radius 1 is 1.29 bits per heavy atom. The first-order valence-electron chi connectivity index (χ1n) is 8.81. The third-order valence-corrected chi connectivity index (χ3v) is 4.86. The van der Waals surface area contributed by atoms with E-state index in [0.29, 0.717) is 12.0 Å². The molecule has 0 unspecified atom stereocenters. The highest BCUT2D eigenvalue weighted by Gasteiger charge is 2.24. The van der Waals surface area contributed by atoms with Gasteiger partial charge in [-0.3, -0.25) is 0 Å². The van der Waals surface area contributed by atoms with Crippen LogP contribution in [-0.4, -0.2) is 52.0 Å². The second kappa shape index (κ2) is 6.76. The summed E-state index contributed by atoms with van der Waals surface area (Å²) >= 11 is 0. The van der Waals surface area contributed by atoms with Crippen molar-refractivity contribution in [3.63, 3.8) is 0 Å². The van der Waals surface area contributed by atoms with Gasteiger partial charge in [-0.2, -0.15) is 5.10 Å². The van der Waals surface area contributed by atoms with Gasteiger partial charge in [0.05, 0.1) is 5.69 Å². The minimum Gasteiger partial charge on any atom is -0.370 e. The Hall–Kier alpha value is -2.15. The Morgan fingerprint density at radius 2 is 2.17 bits per heavy atom. The van der Waals surface area contributed by atoms with Crippen LogP contribution < -0.4 is 15.5 Å². The summed E-state index contributed by atoms with van der Waals surface area (Å²) in [5.74, 6) is 2.56. The van der Waals surface area contributed by atoms with E-state index < -0.39 is 0 Å². The zero-order valence-electron chi connectivity index (χ0n) is 14.1. The van der Waals surface area contributed by atoms with Crippen molar-refractivity contribution in [1.29, 1.82) is 0 Å². The molecule has 4 rings (SSSR count). The van der Waals surface area contributed by atoms with Gasteiger partial charge in [0.2, 0.25) is 5.95 Å². The average Bonchev–Trinajstić information content (AvgIpc) is 3.00. The maximum absolute atomic E-state index is 4.55. The summed E-state index contributed by atoms with van der Waals surface area (Å²) in [7, 11) is 0. The van der Waals surface area contributed by atoms with Gasteiger partial charge in [-0.25, -0.2) is 14.6 Å². The largest absolute Gasteiger partial charge is 0.370 e. The minimum absolute atomic E-state index is 0.503. The van der Waals surface area contributed by atoms with Gasteiger partial charge >= 0.3 is 0 Å². The monoisotopic (exact) mass is 327 g/mol. The Bertz CT molecular complexity index is 669. The number of fused-ring (bicyclic) bond motifs is 1. The zero-order chi connectivity index (χ0) is 16.4. The fourth-order valence-corrected chi connectivity index (χ4v) is 3.63. The van der Waals surface area contributed by atoms with Crippen LogP contribution in [0.5, 0.6) is 0 Å². The van der Waals surface area contributed by atoms with Gasteiger partial charge in [0, 0.05) is 63.1 Å². The summed E-state index contributed by atoms with van der Waals surface area (Å²) in [6, 6.07) is 4.48. The molecular weight excluding hydrogens is 302 g/mol. The van der Waals surface area contributed by atoms with Crippen molar-refractivity contribution in [2.24, 2.45) is 5.92 Å². The molecule has 0 saturated carbocycles. The molecule has 7 nitrogen and oxygen atoms in total. The third kappa shape index (κ3) is 3.36. The number of aromatic nitrogens is 4. The molecule has 2 aromatic heterocycles. The van der Waals surface area contributed by atoms with Gasteiger partial charge in [-0.15, -0.1) is 0 Å². The standard InChI is InChI=1S/C17H25N7/c1-13-8-16-21-10-14(11-24(16)22-13)9-20-15-4-2-7-23(12-15)17-18-5-3-6-19-17/h3,5-6,8,14-15,20-21H,2,4,7,9-12H2,1H3/t14-,15-/m1/s1. The number of nitrogens with one attached hydrogen (secondary N) is 2. The molecule has 7 heteroatoms. The Morgan fingerprint density at radius 3 is 3.04 bits per heavy atom. The van der Waals surface area contributed by atoms with Crippen LogP contribution >= 0.6 is 0 Å². The first-order chi connectivity index (χ1) is 11.8. The SMILES string of the molecule is Cc1cc2n(n1)C[C@H](CN[C@@H]1CCCN(c3ncccn3)C1)CN2. The molecule has 0 spiro atoms. The van der Waals surface area contributed by atoms with Crippen molar-refractivity contribution in [3.05, 3.63) is 30.2 Å². The lowest BCUT2D eigenvalue weighted by Crippen LogP contribution is -2.48. The van der Waals surface area contributed by atoms with Gasteiger partial charge < -0.3 is 15.5 Å². The minimum atomic E-state index is 0.503. The lowest BCUT2D eigenvalue weighted by Gasteiger charge is -2.34. The van der Waals surface area contributed by atoms with Gasteiger partial charge in [0.25, 0.3) is 0 Å². The van der Waals surface area contributed by atoms with Gasteiger partial charge in [0.15, 0.2) is 0 Å². The van der Waals surface area contributed by atoms with E-state index in [9.17, 15) is 0 Å². The second-order valence-corrected chi connectivity index (χ2v) is 6.84. The van der Waals surface area contributed by atoms with Crippen molar-refractivity contribution in [3.8, 4) is 0 Å². The molecule has 0 aromatic carbocycles. The maximum atomic E-state index is 4.55. The van der Waals surface area contributed by atoms with Crippen molar-refractivity contribution in [2.45, 2.75) is 32.4 Å². The van der Waals surface area contributed by atoms with Crippen molar-refractivity contribution in [2.75, 3.05) is 36.4 Å². The van der Waals surface area contributed by atoms with Crippen molar-refractivity contribution >= 4 is 11.8 Å². The molecule has 128 valence electrons. The summed E-state index contributed by atoms with van der Waals surface area (Å²) < 4.78 is 2.09. The van der Waals surface area contributed by atoms with Gasteiger partial charge in [0.1, 0.15) is 5.82 Å². The predicted molar refractivity (Wildman–Crippen MR) is 94.2 cm³/mol. The highest BCUT2D eigenvalue weighted by atomic mass is 15.3. The van der Waals surface area contributed by atoms with E-state index in [1.165, 1.54) is 12.8 Å². The van der Waals surface area contributed by atoms with Crippen LogP contribution in [0.15, 0.2) is 24.5 Å². The summed E-state index contributed by atoms with van der Waals surface area (Å²) in [4.78, 5) is 11.0. The summed E-state index contributed by atoms with van der Waals surface area (Å²) in [5.41, 5.74) is 1.08. The second-order valence-electron chi connectivity index (χ2n) is 6.84. The lowest BCUT2D eigenvalue weighted by molar-refractivity contribution is 0.345. The van der Waals surface area contributed by atoms with E-state index in [0.717, 1.165) is 50.2 Å². The summed E-state index contributed by atoms with van der Waals surface area (Å²) in [5, 5.41) is 11.8. The normalized spacial score (nSPS) is 23.6. The number of anilines is 2. The van der Waals surface area contributed by atoms with Crippen LogP contribution in [0.1, 0.15) is 18.5 Å². The topological polar surface area (TPSA) is 70.9 Å². The highest BCUT2D eigenvalue weighted by molar-refractivity contribution is 5.38. The van der Waals surface area contributed by atoms with Gasteiger partial charge in [-0.1, -0.05) is 0 Å². The molecule has 0 amide bonds. The average molecular weight is 327 g/mol. The number of aryl methyl sites for hydroxylation is 1.